The third kappa shape index (κ3) is 2.59. The summed E-state index contributed by atoms with van der Waals surface area (Å²) in [5, 5.41) is 12.9. The molecule has 1 aliphatic rings. The molecule has 1 atom stereocenters. The van der Waals surface area contributed by atoms with E-state index >= 15 is 0 Å². The van der Waals surface area contributed by atoms with Crippen LogP contribution in [0, 0.1) is 0 Å². The van der Waals surface area contributed by atoms with Crippen LogP contribution in [0.1, 0.15) is 33.1 Å². The van der Waals surface area contributed by atoms with Crippen LogP contribution in [0.25, 0.3) is 0 Å². The summed E-state index contributed by atoms with van der Waals surface area (Å²) in [4.78, 5) is 14.6. The Morgan fingerprint density at radius 2 is 2.26 bits per heavy atom. The first-order valence-corrected chi connectivity index (χ1v) is 6.99. The Bertz CT molecular complexity index is 453. The molecule has 0 spiro atoms. The van der Waals surface area contributed by atoms with Gasteiger partial charge in [0, 0.05) is 18.3 Å². The summed E-state index contributed by atoms with van der Waals surface area (Å²) in [5.41, 5.74) is 0.329. The minimum atomic E-state index is -0.429. The zero-order chi connectivity index (χ0) is 13.9. The molecule has 0 aromatic heterocycles. The molecule has 19 heavy (non-hydrogen) atoms. The maximum atomic E-state index is 12.8. The van der Waals surface area contributed by atoms with Crippen molar-refractivity contribution in [1.82, 2.24) is 5.32 Å². The second kappa shape index (κ2) is 5.61. The molecule has 0 radical (unpaired) electrons. The number of hydrogen-bond donors (Lipinski definition) is 2. The highest BCUT2D eigenvalue weighted by atomic mass is 16.3. The van der Waals surface area contributed by atoms with Crippen LogP contribution in [0.3, 0.4) is 0 Å². The second-order valence-electron chi connectivity index (χ2n) is 5.04. The maximum absolute atomic E-state index is 12.8. The van der Waals surface area contributed by atoms with Crippen LogP contribution in [0.5, 0.6) is 5.75 Å². The van der Waals surface area contributed by atoms with Gasteiger partial charge in [0.05, 0.1) is 5.54 Å². The van der Waals surface area contributed by atoms with Crippen LogP contribution in [-0.4, -0.2) is 29.6 Å². The molecule has 0 saturated carbocycles. The third-order valence-corrected chi connectivity index (χ3v) is 3.96. The van der Waals surface area contributed by atoms with Crippen molar-refractivity contribution in [1.29, 1.82) is 0 Å². The first kappa shape index (κ1) is 13.9. The minimum absolute atomic E-state index is 0.112. The Morgan fingerprint density at radius 3 is 2.79 bits per heavy atom. The molecule has 4 nitrogen and oxygen atoms in total. The largest absolute Gasteiger partial charge is 0.508 e. The summed E-state index contributed by atoms with van der Waals surface area (Å²) in [7, 11) is 0. The lowest BCUT2D eigenvalue weighted by atomic mass is 9.92. The summed E-state index contributed by atoms with van der Waals surface area (Å²) in [6, 6.07) is 6.88. The van der Waals surface area contributed by atoms with Crippen LogP contribution in [-0.2, 0) is 4.79 Å². The van der Waals surface area contributed by atoms with Crippen molar-refractivity contribution in [2.45, 2.75) is 38.6 Å². The molecule has 104 valence electrons. The van der Waals surface area contributed by atoms with Gasteiger partial charge in [0.2, 0.25) is 5.91 Å². The van der Waals surface area contributed by atoms with E-state index in [0.29, 0.717) is 6.54 Å². The molecule has 0 aliphatic carbocycles. The number of aromatic hydroxyl groups is 1. The van der Waals surface area contributed by atoms with Gasteiger partial charge in [-0.1, -0.05) is 13.0 Å². The Morgan fingerprint density at radius 1 is 1.47 bits per heavy atom. The molecule has 0 bridgehead atoms. The number of phenolic OH excluding ortho intramolecular Hbond substituents is 1. The normalized spacial score (nSPS) is 22.4. The number of amides is 1. The summed E-state index contributed by atoms with van der Waals surface area (Å²) in [6.07, 6.45) is 2.72. The molecule has 1 fully saturated rings. The van der Waals surface area contributed by atoms with Crippen molar-refractivity contribution >= 4 is 11.6 Å². The number of hydrogen-bond acceptors (Lipinski definition) is 3. The Hall–Kier alpha value is -1.55. The van der Waals surface area contributed by atoms with E-state index in [0.717, 1.165) is 31.5 Å². The van der Waals surface area contributed by atoms with Crippen molar-refractivity contribution in [2.75, 3.05) is 18.0 Å². The predicted octanol–water partition coefficient (Wildman–Crippen LogP) is 2.28. The fourth-order valence-electron chi connectivity index (χ4n) is 2.80. The van der Waals surface area contributed by atoms with Gasteiger partial charge in [0.25, 0.3) is 0 Å². The molecule has 2 N–H and O–H groups in total. The zero-order valence-electron chi connectivity index (χ0n) is 11.6. The average Bonchev–Trinajstić information content (AvgIpc) is 2.89. The fourth-order valence-corrected chi connectivity index (χ4v) is 2.80. The van der Waals surface area contributed by atoms with Gasteiger partial charge in [0.1, 0.15) is 5.75 Å². The third-order valence-electron chi connectivity index (χ3n) is 3.96. The number of carbonyl (C=O) groups is 1. The average molecular weight is 262 g/mol. The van der Waals surface area contributed by atoms with E-state index in [1.54, 1.807) is 23.1 Å². The number of likely N-dealkylation sites (N-methyl/N-ethyl adjacent to an activating group) is 1. The van der Waals surface area contributed by atoms with Gasteiger partial charge in [-0.15, -0.1) is 0 Å². The van der Waals surface area contributed by atoms with Gasteiger partial charge < -0.3 is 15.3 Å². The highest BCUT2D eigenvalue weighted by Crippen LogP contribution is 2.29. The van der Waals surface area contributed by atoms with Crippen LogP contribution >= 0.6 is 0 Å². The van der Waals surface area contributed by atoms with E-state index in [2.05, 4.69) is 5.32 Å². The van der Waals surface area contributed by atoms with Crippen molar-refractivity contribution < 1.29 is 9.90 Å². The van der Waals surface area contributed by atoms with Gasteiger partial charge >= 0.3 is 0 Å². The van der Waals surface area contributed by atoms with E-state index in [9.17, 15) is 9.90 Å². The highest BCUT2D eigenvalue weighted by molar-refractivity contribution is 6.00. The topological polar surface area (TPSA) is 52.6 Å². The second-order valence-corrected chi connectivity index (χ2v) is 5.04. The SMILES string of the molecule is CCN(C(=O)C1(CC)CCCN1)c1cccc(O)c1. The summed E-state index contributed by atoms with van der Waals surface area (Å²) < 4.78 is 0. The van der Waals surface area contributed by atoms with Crippen LogP contribution < -0.4 is 10.2 Å². The lowest BCUT2D eigenvalue weighted by molar-refractivity contribution is -0.124. The van der Waals surface area contributed by atoms with E-state index in [1.807, 2.05) is 19.9 Å². The quantitative estimate of drug-likeness (QED) is 0.875. The first-order valence-electron chi connectivity index (χ1n) is 6.99. The zero-order valence-corrected chi connectivity index (χ0v) is 11.6. The van der Waals surface area contributed by atoms with Crippen molar-refractivity contribution in [3.8, 4) is 5.75 Å². The van der Waals surface area contributed by atoms with Gasteiger partial charge in [-0.3, -0.25) is 4.79 Å². The molecule has 1 aliphatic heterocycles. The van der Waals surface area contributed by atoms with Gasteiger partial charge in [-0.25, -0.2) is 0 Å². The molecule has 1 aromatic carbocycles. The lowest BCUT2D eigenvalue weighted by Gasteiger charge is -2.33. The number of phenols is 1. The Balaban J connectivity index is 2.29. The summed E-state index contributed by atoms with van der Waals surface area (Å²) in [6.45, 7) is 5.51. The van der Waals surface area contributed by atoms with Crippen molar-refractivity contribution in [3.05, 3.63) is 24.3 Å². The van der Waals surface area contributed by atoms with Crippen LogP contribution in [0.15, 0.2) is 24.3 Å². The van der Waals surface area contributed by atoms with Crippen LogP contribution in [0.4, 0.5) is 5.69 Å². The van der Waals surface area contributed by atoms with Crippen LogP contribution in [0.2, 0.25) is 0 Å². The van der Waals surface area contributed by atoms with E-state index in [4.69, 9.17) is 0 Å². The van der Waals surface area contributed by atoms with Crippen molar-refractivity contribution in [3.63, 3.8) is 0 Å². The Kier molecular flexibility index (Phi) is 4.10. The number of nitrogens with one attached hydrogen (secondary N) is 1. The van der Waals surface area contributed by atoms with E-state index in [-0.39, 0.29) is 11.7 Å². The van der Waals surface area contributed by atoms with Gasteiger partial charge in [-0.05, 0) is 44.9 Å². The Labute approximate surface area is 114 Å². The van der Waals surface area contributed by atoms with E-state index < -0.39 is 5.54 Å². The summed E-state index contributed by atoms with van der Waals surface area (Å²) in [5.74, 6) is 0.300. The van der Waals surface area contributed by atoms with Gasteiger partial charge in [-0.2, -0.15) is 0 Å². The number of carbonyl (C=O) groups excluding carboxylic acids is 1. The molecule has 1 heterocycles. The molecule has 1 unspecified atom stereocenters. The number of rotatable bonds is 4. The minimum Gasteiger partial charge on any atom is -0.508 e. The van der Waals surface area contributed by atoms with Crippen molar-refractivity contribution in [2.24, 2.45) is 0 Å². The molecule has 4 heteroatoms. The molecular formula is C15H22N2O2. The predicted molar refractivity (Wildman–Crippen MR) is 76.4 cm³/mol. The fraction of sp³-hybridized carbons (Fsp3) is 0.533. The summed E-state index contributed by atoms with van der Waals surface area (Å²) >= 11 is 0. The van der Waals surface area contributed by atoms with Gasteiger partial charge in [0.15, 0.2) is 0 Å². The van der Waals surface area contributed by atoms with E-state index in [1.165, 1.54) is 0 Å². The molecule has 1 aromatic rings. The standard InChI is InChI=1S/C15H22N2O2/c1-3-15(9-6-10-16-15)14(19)17(4-2)12-7-5-8-13(18)11-12/h5,7-8,11,16,18H,3-4,6,9-10H2,1-2H3. The molecule has 1 saturated heterocycles. The first-order chi connectivity index (χ1) is 9.13. The smallest absolute Gasteiger partial charge is 0.247 e. The molecule has 1 amide bonds. The molecule has 2 rings (SSSR count). The lowest BCUT2D eigenvalue weighted by Crippen LogP contribution is -2.54. The highest BCUT2D eigenvalue weighted by Gasteiger charge is 2.41. The number of anilines is 1. The number of benzene rings is 1. The maximum Gasteiger partial charge on any atom is 0.247 e. The number of nitrogens with zero attached hydrogens (tertiary/aromatic N) is 1. The molecular weight excluding hydrogens is 240 g/mol. The monoisotopic (exact) mass is 262 g/mol.